The van der Waals surface area contributed by atoms with Gasteiger partial charge in [-0.3, -0.25) is 10.1 Å². The molecule has 0 unspecified atom stereocenters. The van der Waals surface area contributed by atoms with Crippen LogP contribution in [0.4, 0.5) is 11.4 Å². The Labute approximate surface area is 98.1 Å². The van der Waals surface area contributed by atoms with Gasteiger partial charge >= 0.3 is 0 Å². The quantitative estimate of drug-likeness (QED) is 0.290. The van der Waals surface area contributed by atoms with E-state index in [1.54, 1.807) is 13.8 Å². The molecule has 6 heteroatoms. The summed E-state index contributed by atoms with van der Waals surface area (Å²) in [6.45, 7) is 3.50. The number of benzene rings is 1. The van der Waals surface area contributed by atoms with Gasteiger partial charge in [-0.05, 0) is 25.0 Å². The van der Waals surface area contributed by atoms with Crippen molar-refractivity contribution < 1.29 is 4.92 Å². The van der Waals surface area contributed by atoms with Gasteiger partial charge in [-0.1, -0.05) is 0 Å². The van der Waals surface area contributed by atoms with E-state index >= 15 is 0 Å². The third-order valence-corrected chi connectivity index (χ3v) is 2.35. The van der Waals surface area contributed by atoms with Gasteiger partial charge in [-0.25, -0.2) is 4.99 Å². The van der Waals surface area contributed by atoms with E-state index in [1.165, 1.54) is 12.1 Å². The Morgan fingerprint density at radius 3 is 2.38 bits per heavy atom. The molecular weight excluding hydrogens is 230 g/mol. The van der Waals surface area contributed by atoms with Crippen molar-refractivity contribution in [1.29, 1.82) is 0 Å². The van der Waals surface area contributed by atoms with Crippen LogP contribution in [0.1, 0.15) is 11.1 Å². The molecule has 2 N–H and O–H groups in total. The zero-order chi connectivity index (χ0) is 12.3. The fourth-order valence-electron chi connectivity index (χ4n) is 1.39. The predicted molar refractivity (Wildman–Crippen MR) is 64.6 cm³/mol. The van der Waals surface area contributed by atoms with Gasteiger partial charge in [0.15, 0.2) is 0 Å². The Hall–Kier alpha value is -1.62. The van der Waals surface area contributed by atoms with E-state index in [-0.39, 0.29) is 11.6 Å². The van der Waals surface area contributed by atoms with Crippen LogP contribution < -0.4 is 5.73 Å². The third-order valence-electron chi connectivity index (χ3n) is 2.08. The fraction of sp³-hybridized carbons (Fsp3) is 0.300. The number of nitro groups is 1. The highest BCUT2D eigenvalue weighted by atomic mass is 35.5. The molecule has 0 fully saturated rings. The molecule has 86 valence electrons. The Kier molecular flexibility index (Phi) is 3.84. The van der Waals surface area contributed by atoms with Gasteiger partial charge in [-0.2, -0.15) is 0 Å². The maximum atomic E-state index is 10.6. The van der Waals surface area contributed by atoms with Crippen molar-refractivity contribution in [2.75, 3.05) is 5.88 Å². The van der Waals surface area contributed by atoms with Gasteiger partial charge in [0.1, 0.15) is 5.84 Å². The van der Waals surface area contributed by atoms with Crippen molar-refractivity contribution >= 4 is 28.8 Å². The minimum Gasteiger partial charge on any atom is -0.386 e. The summed E-state index contributed by atoms with van der Waals surface area (Å²) in [7, 11) is 0. The van der Waals surface area contributed by atoms with E-state index < -0.39 is 4.92 Å². The van der Waals surface area contributed by atoms with Crippen molar-refractivity contribution in [3.8, 4) is 0 Å². The van der Waals surface area contributed by atoms with E-state index in [4.69, 9.17) is 17.3 Å². The molecule has 0 heterocycles. The van der Waals surface area contributed by atoms with Gasteiger partial charge < -0.3 is 5.73 Å². The first-order valence-corrected chi connectivity index (χ1v) is 5.13. The first-order valence-electron chi connectivity index (χ1n) is 4.60. The molecule has 16 heavy (non-hydrogen) atoms. The summed E-state index contributed by atoms with van der Waals surface area (Å²) in [4.78, 5) is 14.3. The van der Waals surface area contributed by atoms with E-state index in [9.17, 15) is 10.1 Å². The average molecular weight is 242 g/mol. The molecule has 0 atom stereocenters. The molecule has 0 radical (unpaired) electrons. The van der Waals surface area contributed by atoms with Gasteiger partial charge in [0.05, 0.1) is 16.5 Å². The van der Waals surface area contributed by atoms with Crippen LogP contribution in [0.2, 0.25) is 0 Å². The molecule has 0 aliphatic heterocycles. The molecule has 0 aromatic heterocycles. The number of nitro benzene ring substituents is 1. The summed E-state index contributed by atoms with van der Waals surface area (Å²) >= 11 is 5.52. The van der Waals surface area contributed by atoms with Crippen LogP contribution in [0, 0.1) is 24.0 Å². The highest BCUT2D eigenvalue weighted by Crippen LogP contribution is 2.28. The molecule has 0 saturated heterocycles. The topological polar surface area (TPSA) is 81.5 Å². The lowest BCUT2D eigenvalue weighted by Gasteiger charge is -2.05. The first-order chi connectivity index (χ1) is 7.45. The summed E-state index contributed by atoms with van der Waals surface area (Å²) < 4.78 is 0. The Balaban J connectivity index is 3.28. The van der Waals surface area contributed by atoms with Crippen LogP contribution in [-0.2, 0) is 0 Å². The van der Waals surface area contributed by atoms with E-state index in [2.05, 4.69) is 4.99 Å². The molecule has 1 aromatic rings. The van der Waals surface area contributed by atoms with Gasteiger partial charge in [0, 0.05) is 12.1 Å². The van der Waals surface area contributed by atoms with Crippen molar-refractivity contribution in [3.63, 3.8) is 0 Å². The van der Waals surface area contributed by atoms with Crippen LogP contribution in [0.5, 0.6) is 0 Å². The van der Waals surface area contributed by atoms with Crippen molar-refractivity contribution in [2.24, 2.45) is 10.7 Å². The molecular formula is C10H12ClN3O2. The number of nitrogens with zero attached hydrogens (tertiary/aromatic N) is 2. The lowest BCUT2D eigenvalue weighted by molar-refractivity contribution is -0.384. The summed E-state index contributed by atoms with van der Waals surface area (Å²) in [6, 6.07) is 2.93. The summed E-state index contributed by atoms with van der Waals surface area (Å²) in [6.07, 6.45) is 0. The molecule has 0 aliphatic carbocycles. The lowest BCUT2D eigenvalue weighted by Crippen LogP contribution is -2.12. The second kappa shape index (κ2) is 4.94. The van der Waals surface area contributed by atoms with E-state index in [0.29, 0.717) is 22.6 Å². The standard InChI is InChI=1S/C10H12ClN3O2/c1-6-3-8(14(15)16)4-7(2)10(6)13-9(12)5-11/h3-4H,5H2,1-2H3,(H2,12,13). The van der Waals surface area contributed by atoms with Gasteiger partial charge in [-0.15, -0.1) is 11.6 Å². The zero-order valence-electron chi connectivity index (χ0n) is 9.03. The number of halogens is 1. The van der Waals surface area contributed by atoms with Crippen molar-refractivity contribution in [2.45, 2.75) is 13.8 Å². The number of aryl methyl sites for hydroxylation is 2. The Bertz CT molecular complexity index is 434. The van der Waals surface area contributed by atoms with Crippen molar-refractivity contribution in [1.82, 2.24) is 0 Å². The molecule has 1 aromatic carbocycles. The summed E-state index contributed by atoms with van der Waals surface area (Å²) in [5.74, 6) is 0.428. The van der Waals surface area contributed by atoms with Crippen LogP contribution in [-0.4, -0.2) is 16.6 Å². The monoisotopic (exact) mass is 241 g/mol. The molecule has 0 bridgehead atoms. The van der Waals surface area contributed by atoms with Crippen LogP contribution >= 0.6 is 11.6 Å². The van der Waals surface area contributed by atoms with Gasteiger partial charge in [0.25, 0.3) is 5.69 Å². The number of aliphatic imine (C=N–C) groups is 1. The molecule has 0 spiro atoms. The van der Waals surface area contributed by atoms with E-state index in [1.807, 2.05) is 0 Å². The average Bonchev–Trinajstić information content (AvgIpc) is 2.22. The zero-order valence-corrected chi connectivity index (χ0v) is 9.78. The normalized spacial score (nSPS) is 11.6. The lowest BCUT2D eigenvalue weighted by atomic mass is 10.1. The number of alkyl halides is 1. The highest BCUT2D eigenvalue weighted by molar-refractivity contribution is 6.28. The summed E-state index contributed by atoms with van der Waals surface area (Å²) in [5.41, 5.74) is 7.64. The van der Waals surface area contributed by atoms with Crippen LogP contribution in [0.15, 0.2) is 17.1 Å². The second-order valence-corrected chi connectivity index (χ2v) is 3.69. The minimum atomic E-state index is -0.432. The third kappa shape index (κ3) is 2.70. The molecule has 1 rings (SSSR count). The second-order valence-electron chi connectivity index (χ2n) is 3.42. The minimum absolute atomic E-state index is 0.0541. The fourth-order valence-corrected chi connectivity index (χ4v) is 1.45. The van der Waals surface area contributed by atoms with Crippen LogP contribution in [0.3, 0.4) is 0 Å². The number of non-ortho nitro benzene ring substituents is 1. The maximum absolute atomic E-state index is 10.6. The molecule has 5 nitrogen and oxygen atoms in total. The van der Waals surface area contributed by atoms with E-state index in [0.717, 1.165) is 0 Å². The van der Waals surface area contributed by atoms with Crippen molar-refractivity contribution in [3.05, 3.63) is 33.4 Å². The number of nitrogens with two attached hydrogens (primary N) is 1. The van der Waals surface area contributed by atoms with Gasteiger partial charge in [0.2, 0.25) is 0 Å². The molecule has 0 amide bonds. The molecule has 0 aliphatic rings. The first kappa shape index (κ1) is 12.4. The smallest absolute Gasteiger partial charge is 0.270 e. The molecule has 0 saturated carbocycles. The SMILES string of the molecule is Cc1cc([N+](=O)[O-])cc(C)c1N=C(N)CCl. The van der Waals surface area contributed by atoms with Crippen LogP contribution in [0.25, 0.3) is 0 Å². The number of rotatable bonds is 3. The Morgan fingerprint density at radius 2 is 2.00 bits per heavy atom. The number of hydrogen-bond donors (Lipinski definition) is 1. The Morgan fingerprint density at radius 1 is 1.50 bits per heavy atom. The maximum Gasteiger partial charge on any atom is 0.270 e. The summed E-state index contributed by atoms with van der Waals surface area (Å²) in [5, 5.41) is 10.6. The largest absolute Gasteiger partial charge is 0.386 e. The number of amidine groups is 1. The predicted octanol–water partition coefficient (Wildman–Crippen LogP) is 2.44. The highest BCUT2D eigenvalue weighted by Gasteiger charge is 2.11. The number of hydrogen-bond acceptors (Lipinski definition) is 3.